The monoisotopic (exact) mass is 376 g/mol. The van der Waals surface area contributed by atoms with Crippen LogP contribution in [-0.4, -0.2) is 17.4 Å². The van der Waals surface area contributed by atoms with E-state index in [-0.39, 0.29) is 5.91 Å². The Kier molecular flexibility index (Phi) is 5.32. The molecule has 4 aromatic rings. The summed E-state index contributed by atoms with van der Waals surface area (Å²) >= 11 is 1.69. The predicted molar refractivity (Wildman–Crippen MR) is 110 cm³/mol. The molecule has 0 saturated carbocycles. The van der Waals surface area contributed by atoms with Gasteiger partial charge in [-0.25, -0.2) is 0 Å². The molecule has 0 aliphatic rings. The summed E-state index contributed by atoms with van der Waals surface area (Å²) in [6.07, 6.45) is 1.66. The quantitative estimate of drug-likeness (QED) is 0.486. The molecule has 136 valence electrons. The lowest BCUT2D eigenvalue weighted by atomic mass is 10.1. The number of fused-ring (bicyclic) bond motifs is 1. The zero-order chi connectivity index (χ0) is 18.5. The van der Waals surface area contributed by atoms with Gasteiger partial charge in [-0.05, 0) is 46.5 Å². The molecular weight excluding hydrogens is 356 g/mol. The maximum atomic E-state index is 12.6. The standard InChI is InChI=1S/C22H20N2O2S/c25-22(23-19-10-9-17-5-1-2-6-18(17)13-19)16-24(14-20-7-3-11-26-20)15-21-8-4-12-27-21/h1-13H,14-16H2,(H,23,25). The molecule has 0 bridgehead atoms. The van der Waals surface area contributed by atoms with Gasteiger partial charge in [0, 0.05) is 17.1 Å². The number of hydrogen-bond donors (Lipinski definition) is 1. The summed E-state index contributed by atoms with van der Waals surface area (Å²) in [5.41, 5.74) is 0.813. The largest absolute Gasteiger partial charge is 0.468 e. The number of nitrogens with zero attached hydrogens (tertiary/aromatic N) is 1. The number of hydrogen-bond acceptors (Lipinski definition) is 4. The van der Waals surface area contributed by atoms with E-state index in [1.807, 2.05) is 54.6 Å². The topological polar surface area (TPSA) is 45.5 Å². The Morgan fingerprint density at radius 1 is 0.963 bits per heavy atom. The molecule has 1 N–H and O–H groups in total. The third kappa shape index (κ3) is 4.64. The van der Waals surface area contributed by atoms with Gasteiger partial charge in [-0.15, -0.1) is 11.3 Å². The molecule has 0 saturated heterocycles. The number of carbonyl (C=O) groups is 1. The summed E-state index contributed by atoms with van der Waals surface area (Å²) in [6.45, 7) is 1.60. The first-order valence-electron chi connectivity index (χ1n) is 8.82. The highest BCUT2D eigenvalue weighted by atomic mass is 32.1. The Morgan fingerprint density at radius 2 is 1.85 bits per heavy atom. The first kappa shape index (κ1) is 17.5. The maximum Gasteiger partial charge on any atom is 0.238 e. The molecule has 2 heterocycles. The van der Waals surface area contributed by atoms with Crippen molar-refractivity contribution in [1.29, 1.82) is 0 Å². The Bertz CT molecular complexity index is 974. The summed E-state index contributed by atoms with van der Waals surface area (Å²) in [7, 11) is 0. The minimum atomic E-state index is -0.0339. The molecule has 0 atom stereocenters. The summed E-state index contributed by atoms with van der Waals surface area (Å²) in [5, 5.41) is 7.34. The highest BCUT2D eigenvalue weighted by Crippen LogP contribution is 2.19. The van der Waals surface area contributed by atoms with Gasteiger partial charge in [-0.2, -0.15) is 0 Å². The van der Waals surface area contributed by atoms with Crippen LogP contribution in [0.5, 0.6) is 0 Å². The van der Waals surface area contributed by atoms with Crippen LogP contribution in [0.3, 0.4) is 0 Å². The average Bonchev–Trinajstić information content (AvgIpc) is 3.36. The van der Waals surface area contributed by atoms with Crippen molar-refractivity contribution in [2.45, 2.75) is 13.1 Å². The lowest BCUT2D eigenvalue weighted by Crippen LogP contribution is -2.32. The van der Waals surface area contributed by atoms with Crippen LogP contribution in [-0.2, 0) is 17.9 Å². The summed E-state index contributed by atoms with van der Waals surface area (Å²) in [5.74, 6) is 0.818. The highest BCUT2D eigenvalue weighted by Gasteiger charge is 2.14. The van der Waals surface area contributed by atoms with Crippen molar-refractivity contribution in [3.05, 3.63) is 89.0 Å². The van der Waals surface area contributed by atoms with E-state index in [0.29, 0.717) is 19.6 Å². The van der Waals surface area contributed by atoms with Gasteiger partial charge in [0.1, 0.15) is 5.76 Å². The molecule has 2 aromatic heterocycles. The van der Waals surface area contributed by atoms with E-state index >= 15 is 0 Å². The second-order valence-electron chi connectivity index (χ2n) is 6.41. The van der Waals surface area contributed by atoms with Crippen molar-refractivity contribution < 1.29 is 9.21 Å². The van der Waals surface area contributed by atoms with Gasteiger partial charge in [0.05, 0.1) is 19.4 Å². The average molecular weight is 376 g/mol. The number of thiophene rings is 1. The van der Waals surface area contributed by atoms with E-state index in [1.165, 1.54) is 4.88 Å². The van der Waals surface area contributed by atoms with E-state index in [4.69, 9.17) is 4.42 Å². The molecule has 2 aromatic carbocycles. The third-order valence-electron chi connectivity index (χ3n) is 4.32. The minimum absolute atomic E-state index is 0.0339. The number of nitrogens with one attached hydrogen (secondary N) is 1. The van der Waals surface area contributed by atoms with Gasteiger partial charge < -0.3 is 9.73 Å². The molecule has 0 aliphatic carbocycles. The third-order valence-corrected chi connectivity index (χ3v) is 5.18. The summed E-state index contributed by atoms with van der Waals surface area (Å²) in [6, 6.07) is 22.0. The molecule has 4 nitrogen and oxygen atoms in total. The molecule has 0 unspecified atom stereocenters. The minimum Gasteiger partial charge on any atom is -0.468 e. The normalized spacial score (nSPS) is 11.1. The van der Waals surface area contributed by atoms with Crippen LogP contribution in [0.2, 0.25) is 0 Å². The number of rotatable bonds is 7. The molecule has 0 radical (unpaired) electrons. The molecule has 4 rings (SSSR count). The fourth-order valence-corrected chi connectivity index (χ4v) is 3.83. The van der Waals surface area contributed by atoms with Crippen molar-refractivity contribution >= 4 is 33.7 Å². The molecule has 0 spiro atoms. The zero-order valence-corrected chi connectivity index (χ0v) is 15.6. The van der Waals surface area contributed by atoms with Crippen molar-refractivity contribution in [3.63, 3.8) is 0 Å². The van der Waals surface area contributed by atoms with E-state index in [2.05, 4.69) is 27.7 Å². The second-order valence-corrected chi connectivity index (χ2v) is 7.45. The van der Waals surface area contributed by atoms with E-state index in [1.54, 1.807) is 17.6 Å². The Balaban J connectivity index is 1.44. The second kappa shape index (κ2) is 8.20. The molecule has 0 aliphatic heterocycles. The molecule has 0 fully saturated rings. The number of anilines is 1. The molecule has 1 amide bonds. The number of benzene rings is 2. The Morgan fingerprint density at radius 3 is 2.63 bits per heavy atom. The van der Waals surface area contributed by atoms with Crippen LogP contribution in [0.4, 0.5) is 5.69 Å². The lowest BCUT2D eigenvalue weighted by molar-refractivity contribution is -0.117. The van der Waals surface area contributed by atoms with Crippen LogP contribution in [0.25, 0.3) is 10.8 Å². The number of furan rings is 1. The molecular formula is C22H20N2O2S. The first-order chi connectivity index (χ1) is 13.3. The number of amides is 1. The van der Waals surface area contributed by atoms with E-state index < -0.39 is 0 Å². The van der Waals surface area contributed by atoms with Gasteiger partial charge in [-0.3, -0.25) is 9.69 Å². The summed E-state index contributed by atoms with van der Waals surface area (Å²) in [4.78, 5) is 15.9. The Labute approximate surface area is 162 Å². The fraction of sp³-hybridized carbons (Fsp3) is 0.136. The lowest BCUT2D eigenvalue weighted by Gasteiger charge is -2.20. The maximum absolute atomic E-state index is 12.6. The van der Waals surface area contributed by atoms with Gasteiger partial charge >= 0.3 is 0 Å². The van der Waals surface area contributed by atoms with Crippen LogP contribution in [0, 0.1) is 0 Å². The van der Waals surface area contributed by atoms with Crippen molar-refractivity contribution in [1.82, 2.24) is 4.90 Å². The van der Waals surface area contributed by atoms with Crippen LogP contribution < -0.4 is 5.32 Å². The fourth-order valence-electron chi connectivity index (χ4n) is 3.08. The van der Waals surface area contributed by atoms with Crippen molar-refractivity contribution in [2.24, 2.45) is 0 Å². The first-order valence-corrected chi connectivity index (χ1v) is 9.70. The van der Waals surface area contributed by atoms with E-state index in [0.717, 1.165) is 22.2 Å². The van der Waals surface area contributed by atoms with Gasteiger partial charge in [0.2, 0.25) is 5.91 Å². The van der Waals surface area contributed by atoms with Gasteiger partial charge in [0.25, 0.3) is 0 Å². The van der Waals surface area contributed by atoms with Crippen molar-refractivity contribution in [3.8, 4) is 0 Å². The van der Waals surface area contributed by atoms with Crippen LogP contribution in [0.15, 0.2) is 82.8 Å². The SMILES string of the molecule is O=C(CN(Cc1ccco1)Cc1cccs1)Nc1ccc2ccccc2c1. The highest BCUT2D eigenvalue weighted by molar-refractivity contribution is 7.09. The van der Waals surface area contributed by atoms with Gasteiger partial charge in [0.15, 0.2) is 0 Å². The van der Waals surface area contributed by atoms with Crippen molar-refractivity contribution in [2.75, 3.05) is 11.9 Å². The van der Waals surface area contributed by atoms with E-state index in [9.17, 15) is 4.79 Å². The smallest absolute Gasteiger partial charge is 0.238 e. The number of carbonyl (C=O) groups excluding carboxylic acids is 1. The predicted octanol–water partition coefficient (Wildman–Crippen LogP) is 5.14. The molecule has 5 heteroatoms. The Hall–Kier alpha value is -2.89. The zero-order valence-electron chi connectivity index (χ0n) is 14.8. The van der Waals surface area contributed by atoms with Gasteiger partial charge in [-0.1, -0.05) is 36.4 Å². The summed E-state index contributed by atoms with van der Waals surface area (Å²) < 4.78 is 5.46. The van der Waals surface area contributed by atoms with Crippen LogP contribution >= 0.6 is 11.3 Å². The van der Waals surface area contributed by atoms with Crippen LogP contribution in [0.1, 0.15) is 10.6 Å². The molecule has 27 heavy (non-hydrogen) atoms.